The zero-order chi connectivity index (χ0) is 9.90. The fourth-order valence-corrected chi connectivity index (χ4v) is 2.49. The summed E-state index contributed by atoms with van der Waals surface area (Å²) in [6.45, 7) is 1.82. The van der Waals surface area contributed by atoms with E-state index < -0.39 is 10.4 Å². The van der Waals surface area contributed by atoms with Gasteiger partial charge >= 0.3 is 5.37 Å². The van der Waals surface area contributed by atoms with E-state index in [2.05, 4.69) is 5.32 Å². The minimum atomic E-state index is -0.667. The van der Waals surface area contributed by atoms with Gasteiger partial charge < -0.3 is 5.32 Å². The van der Waals surface area contributed by atoms with Crippen LogP contribution >= 0.6 is 23.2 Å². The summed E-state index contributed by atoms with van der Waals surface area (Å²) in [6.07, 6.45) is 5.84. The SMILES string of the molecule is CC(Cl)(NC(=O)Cl)C1CCCCC1. The predicted molar refractivity (Wildman–Crippen MR) is 55.2 cm³/mol. The number of alkyl halides is 1. The molecular formula is C9H15Cl2NO. The van der Waals surface area contributed by atoms with E-state index in [4.69, 9.17) is 23.2 Å². The van der Waals surface area contributed by atoms with Crippen LogP contribution in [0.2, 0.25) is 0 Å². The largest absolute Gasteiger partial charge is 0.324 e. The minimum absolute atomic E-state index is 0.352. The fraction of sp³-hybridized carbons (Fsp3) is 0.889. The Morgan fingerprint density at radius 3 is 2.38 bits per heavy atom. The number of nitrogens with one attached hydrogen (secondary N) is 1. The second-order valence-electron chi connectivity index (χ2n) is 3.81. The van der Waals surface area contributed by atoms with E-state index in [1.54, 1.807) is 0 Å². The van der Waals surface area contributed by atoms with E-state index >= 15 is 0 Å². The second-order valence-corrected chi connectivity index (χ2v) is 4.94. The Morgan fingerprint density at radius 1 is 1.38 bits per heavy atom. The van der Waals surface area contributed by atoms with Gasteiger partial charge in [0.05, 0.1) is 0 Å². The molecular weight excluding hydrogens is 209 g/mol. The number of hydrogen-bond acceptors (Lipinski definition) is 1. The molecule has 2 nitrogen and oxygen atoms in total. The lowest BCUT2D eigenvalue weighted by atomic mass is 9.84. The molecule has 0 aromatic carbocycles. The Labute approximate surface area is 89.0 Å². The molecule has 1 aliphatic carbocycles. The Balaban J connectivity index is 2.50. The number of hydrogen-bond donors (Lipinski definition) is 1. The molecule has 1 unspecified atom stereocenters. The Kier molecular flexibility index (Phi) is 3.87. The molecule has 0 saturated heterocycles. The van der Waals surface area contributed by atoms with Gasteiger partial charge in [-0.1, -0.05) is 30.9 Å². The van der Waals surface area contributed by atoms with Crippen LogP contribution in [-0.4, -0.2) is 10.4 Å². The lowest BCUT2D eigenvalue weighted by molar-refractivity contribution is 0.231. The Morgan fingerprint density at radius 2 is 1.92 bits per heavy atom. The standard InChI is InChI=1S/C9H15Cl2NO/c1-9(11,12-8(10)13)7-5-3-2-4-6-7/h7H,2-6H2,1H3,(H,12,13). The van der Waals surface area contributed by atoms with Crippen molar-refractivity contribution >= 4 is 28.6 Å². The molecule has 0 radical (unpaired) electrons. The minimum Gasteiger partial charge on any atom is -0.324 e. The first-order valence-corrected chi connectivity index (χ1v) is 5.44. The summed E-state index contributed by atoms with van der Waals surface area (Å²) in [4.78, 5) is 10.0. The third-order valence-electron chi connectivity index (χ3n) is 2.71. The van der Waals surface area contributed by atoms with E-state index in [0.717, 1.165) is 12.8 Å². The van der Waals surface area contributed by atoms with Gasteiger partial charge in [-0.15, -0.1) is 0 Å². The molecule has 4 heteroatoms. The van der Waals surface area contributed by atoms with E-state index in [0.29, 0.717) is 5.92 Å². The van der Waals surface area contributed by atoms with Gasteiger partial charge in [0.1, 0.15) is 5.00 Å². The molecule has 0 aliphatic heterocycles. The number of amides is 1. The molecule has 13 heavy (non-hydrogen) atoms. The van der Waals surface area contributed by atoms with Crippen LogP contribution in [-0.2, 0) is 0 Å². The lowest BCUT2D eigenvalue weighted by Gasteiger charge is -2.34. The highest BCUT2D eigenvalue weighted by molar-refractivity contribution is 6.63. The average molecular weight is 224 g/mol. The first kappa shape index (κ1) is 11.1. The molecule has 0 spiro atoms. The molecule has 0 aromatic heterocycles. The van der Waals surface area contributed by atoms with Crippen molar-refractivity contribution in [3.8, 4) is 0 Å². The number of carbonyl (C=O) groups excluding carboxylic acids is 1. The van der Waals surface area contributed by atoms with E-state index in [1.807, 2.05) is 6.92 Å². The van der Waals surface area contributed by atoms with Gasteiger partial charge in [0, 0.05) is 0 Å². The van der Waals surface area contributed by atoms with Gasteiger partial charge in [0.2, 0.25) is 0 Å². The van der Waals surface area contributed by atoms with Crippen molar-refractivity contribution < 1.29 is 4.79 Å². The van der Waals surface area contributed by atoms with Crippen molar-refractivity contribution in [1.29, 1.82) is 0 Å². The van der Waals surface area contributed by atoms with E-state index in [9.17, 15) is 4.79 Å². The van der Waals surface area contributed by atoms with Crippen LogP contribution < -0.4 is 5.32 Å². The first-order valence-electron chi connectivity index (χ1n) is 4.69. The summed E-state index contributed by atoms with van der Waals surface area (Å²) in [5.41, 5.74) is 0. The van der Waals surface area contributed by atoms with Gasteiger partial charge in [-0.25, -0.2) is 0 Å². The summed E-state index contributed by atoms with van der Waals surface area (Å²) in [5.74, 6) is 0.352. The van der Waals surface area contributed by atoms with Crippen LogP contribution in [0.4, 0.5) is 4.79 Å². The molecule has 1 saturated carbocycles. The predicted octanol–water partition coefficient (Wildman–Crippen LogP) is 3.47. The molecule has 0 heterocycles. The summed E-state index contributed by atoms with van der Waals surface area (Å²) in [7, 11) is 0. The number of rotatable bonds is 2. The van der Waals surface area contributed by atoms with Crippen molar-refractivity contribution in [1.82, 2.24) is 5.32 Å². The lowest BCUT2D eigenvalue weighted by Crippen LogP contribution is -2.45. The third kappa shape index (κ3) is 3.35. The molecule has 0 aromatic rings. The Hall–Kier alpha value is 0.0500. The highest BCUT2D eigenvalue weighted by Gasteiger charge is 2.33. The number of carbonyl (C=O) groups is 1. The quantitative estimate of drug-likeness (QED) is 0.434. The summed E-state index contributed by atoms with van der Waals surface area (Å²) < 4.78 is 0. The maximum atomic E-state index is 10.7. The van der Waals surface area contributed by atoms with Gasteiger partial charge in [-0.2, -0.15) is 0 Å². The van der Waals surface area contributed by atoms with Crippen molar-refractivity contribution in [2.75, 3.05) is 0 Å². The van der Waals surface area contributed by atoms with Gasteiger partial charge in [-0.05, 0) is 37.3 Å². The van der Waals surface area contributed by atoms with E-state index in [1.165, 1.54) is 19.3 Å². The van der Waals surface area contributed by atoms with Crippen LogP contribution in [0.25, 0.3) is 0 Å². The first-order chi connectivity index (χ1) is 6.02. The number of halogens is 2. The highest BCUT2D eigenvalue weighted by Crippen LogP contribution is 2.35. The zero-order valence-corrected chi connectivity index (χ0v) is 9.29. The van der Waals surface area contributed by atoms with Crippen LogP contribution in [0, 0.1) is 5.92 Å². The monoisotopic (exact) mass is 223 g/mol. The summed E-state index contributed by atoms with van der Waals surface area (Å²) in [5, 5.41) is 2.01. The molecule has 1 N–H and O–H groups in total. The van der Waals surface area contributed by atoms with Gasteiger partial charge in [0.15, 0.2) is 0 Å². The van der Waals surface area contributed by atoms with E-state index in [-0.39, 0.29) is 0 Å². The van der Waals surface area contributed by atoms with Crippen LogP contribution in [0.3, 0.4) is 0 Å². The highest BCUT2D eigenvalue weighted by atomic mass is 35.5. The molecule has 1 amide bonds. The third-order valence-corrected chi connectivity index (χ3v) is 3.21. The smallest absolute Gasteiger partial charge is 0.315 e. The normalized spacial score (nSPS) is 23.6. The van der Waals surface area contributed by atoms with Crippen molar-refractivity contribution in [3.05, 3.63) is 0 Å². The van der Waals surface area contributed by atoms with Crippen LogP contribution in [0.5, 0.6) is 0 Å². The maximum Gasteiger partial charge on any atom is 0.315 e. The second kappa shape index (κ2) is 4.52. The van der Waals surface area contributed by atoms with Crippen molar-refractivity contribution in [2.24, 2.45) is 5.92 Å². The molecule has 1 atom stereocenters. The topological polar surface area (TPSA) is 29.1 Å². The molecule has 1 fully saturated rings. The average Bonchev–Trinajstić information content (AvgIpc) is 2.04. The van der Waals surface area contributed by atoms with Crippen molar-refractivity contribution in [2.45, 2.75) is 44.0 Å². The summed E-state index contributed by atoms with van der Waals surface area (Å²) in [6, 6.07) is 0. The van der Waals surface area contributed by atoms with Gasteiger partial charge in [0.25, 0.3) is 0 Å². The zero-order valence-electron chi connectivity index (χ0n) is 7.78. The fourth-order valence-electron chi connectivity index (χ4n) is 1.94. The van der Waals surface area contributed by atoms with Crippen LogP contribution in [0.15, 0.2) is 0 Å². The maximum absolute atomic E-state index is 10.7. The molecule has 76 valence electrons. The van der Waals surface area contributed by atoms with Crippen LogP contribution in [0.1, 0.15) is 39.0 Å². The van der Waals surface area contributed by atoms with Gasteiger partial charge in [-0.3, -0.25) is 4.79 Å². The Bertz CT molecular complexity index is 188. The molecule has 1 aliphatic rings. The summed E-state index contributed by atoms with van der Waals surface area (Å²) >= 11 is 11.4. The van der Waals surface area contributed by atoms with Crippen molar-refractivity contribution in [3.63, 3.8) is 0 Å². The molecule has 0 bridgehead atoms. The molecule has 1 rings (SSSR count).